The van der Waals surface area contributed by atoms with Gasteiger partial charge in [-0.25, -0.2) is 0 Å². The van der Waals surface area contributed by atoms with Crippen LogP contribution in [0.3, 0.4) is 0 Å². The average Bonchev–Trinajstić information content (AvgIpc) is 3.41. The van der Waals surface area contributed by atoms with Crippen LogP contribution in [0.4, 0.5) is 17.1 Å². The van der Waals surface area contributed by atoms with Crippen LogP contribution < -0.4 is 4.90 Å². The number of hydrogen-bond acceptors (Lipinski definition) is 1. The van der Waals surface area contributed by atoms with Crippen LogP contribution in [-0.4, -0.2) is 0 Å². The number of anilines is 3. The number of benzene rings is 7. The zero-order valence-corrected chi connectivity index (χ0v) is 29.1. The summed E-state index contributed by atoms with van der Waals surface area (Å²) in [7, 11) is 0. The standard InChI is InChI=1S/C49H43N/c1-49(2)46-24-14-23-42(34-15-6-3-7-16-34)48(46)43-30-29-41(33-47(43)49)50(39-21-10-5-11-22-39)40-27-25-36(26-28-40)45-32-38-20-13-12-19-37(38)31-44(45)35-17-8-4-9-18-35/h4-5,8-14,17-34H,3,6-7,15-16H2,1-2H3. The van der Waals surface area contributed by atoms with Gasteiger partial charge in [0.25, 0.3) is 0 Å². The van der Waals surface area contributed by atoms with E-state index in [1.807, 2.05) is 0 Å². The Labute approximate surface area is 296 Å². The molecule has 50 heavy (non-hydrogen) atoms. The van der Waals surface area contributed by atoms with Crippen LogP contribution in [0, 0.1) is 0 Å². The SMILES string of the molecule is CC1(C)c2cc(N(c3ccccc3)c3ccc(-c4cc5ccccc5cc4-c4ccccc4)cc3)ccc2-c2c(C3CCCCC3)cccc21. The van der Waals surface area contributed by atoms with Crippen molar-refractivity contribution < 1.29 is 0 Å². The quantitative estimate of drug-likeness (QED) is 0.174. The fourth-order valence-corrected chi connectivity index (χ4v) is 8.85. The van der Waals surface area contributed by atoms with Gasteiger partial charge in [-0.05, 0) is 128 Å². The van der Waals surface area contributed by atoms with Gasteiger partial charge in [0.05, 0.1) is 0 Å². The van der Waals surface area contributed by atoms with Crippen molar-refractivity contribution in [2.75, 3.05) is 4.90 Å². The molecule has 1 fully saturated rings. The Morgan fingerprint density at radius 3 is 1.72 bits per heavy atom. The molecule has 2 aliphatic carbocycles. The van der Waals surface area contributed by atoms with E-state index in [9.17, 15) is 0 Å². The largest absolute Gasteiger partial charge is 0.310 e. The molecule has 1 saturated carbocycles. The second-order valence-electron chi connectivity index (χ2n) is 14.8. The van der Waals surface area contributed by atoms with Crippen LogP contribution in [0.15, 0.2) is 158 Å². The second kappa shape index (κ2) is 12.5. The maximum absolute atomic E-state index is 2.47. The molecule has 0 heterocycles. The van der Waals surface area contributed by atoms with Gasteiger partial charge in [-0.1, -0.05) is 142 Å². The summed E-state index contributed by atoms with van der Waals surface area (Å²) < 4.78 is 0. The highest BCUT2D eigenvalue weighted by Crippen LogP contribution is 2.54. The Hall–Kier alpha value is -5.40. The van der Waals surface area contributed by atoms with Crippen molar-refractivity contribution in [3.05, 3.63) is 174 Å². The van der Waals surface area contributed by atoms with Crippen molar-refractivity contribution in [2.24, 2.45) is 0 Å². The van der Waals surface area contributed by atoms with Crippen LogP contribution in [0.5, 0.6) is 0 Å². The van der Waals surface area contributed by atoms with E-state index in [0.717, 1.165) is 11.4 Å². The van der Waals surface area contributed by atoms with E-state index >= 15 is 0 Å². The lowest BCUT2D eigenvalue weighted by molar-refractivity contribution is 0.444. The summed E-state index contributed by atoms with van der Waals surface area (Å²) in [5.74, 6) is 0.671. The monoisotopic (exact) mass is 645 g/mol. The summed E-state index contributed by atoms with van der Waals surface area (Å²) in [6.07, 6.45) is 6.71. The van der Waals surface area contributed by atoms with Crippen molar-refractivity contribution in [1.29, 1.82) is 0 Å². The molecule has 9 rings (SSSR count). The number of fused-ring (bicyclic) bond motifs is 4. The van der Waals surface area contributed by atoms with Gasteiger partial charge in [0, 0.05) is 22.5 Å². The van der Waals surface area contributed by atoms with Crippen molar-refractivity contribution in [1.82, 2.24) is 0 Å². The molecular formula is C49H43N. The minimum atomic E-state index is -0.0680. The molecule has 1 heteroatoms. The highest BCUT2D eigenvalue weighted by atomic mass is 15.1. The summed E-state index contributed by atoms with van der Waals surface area (Å²) in [4.78, 5) is 2.42. The molecule has 0 bridgehead atoms. The van der Waals surface area contributed by atoms with E-state index in [1.54, 1.807) is 5.56 Å². The van der Waals surface area contributed by atoms with Crippen LogP contribution in [0.1, 0.15) is 68.6 Å². The van der Waals surface area contributed by atoms with E-state index in [2.05, 4.69) is 176 Å². The van der Waals surface area contributed by atoms with Gasteiger partial charge < -0.3 is 4.90 Å². The third kappa shape index (κ3) is 5.24. The summed E-state index contributed by atoms with van der Waals surface area (Å²) in [6, 6.07) is 58.5. The van der Waals surface area contributed by atoms with E-state index in [4.69, 9.17) is 0 Å². The minimum absolute atomic E-state index is 0.0680. The number of rotatable bonds is 6. The first-order valence-corrected chi connectivity index (χ1v) is 18.4. The van der Waals surface area contributed by atoms with Gasteiger partial charge in [-0.15, -0.1) is 0 Å². The van der Waals surface area contributed by atoms with Crippen molar-refractivity contribution in [3.63, 3.8) is 0 Å². The van der Waals surface area contributed by atoms with Gasteiger partial charge in [-0.3, -0.25) is 0 Å². The Morgan fingerprint density at radius 2 is 1.04 bits per heavy atom. The maximum Gasteiger partial charge on any atom is 0.0465 e. The highest BCUT2D eigenvalue weighted by molar-refractivity contribution is 5.97. The zero-order chi connectivity index (χ0) is 33.7. The maximum atomic E-state index is 2.47. The predicted octanol–water partition coefficient (Wildman–Crippen LogP) is 14.0. The Kier molecular flexibility index (Phi) is 7.65. The normalized spacial score (nSPS) is 15.1. The van der Waals surface area contributed by atoms with Crippen LogP contribution >= 0.6 is 0 Å². The molecule has 7 aromatic rings. The topological polar surface area (TPSA) is 3.24 Å². The molecule has 0 amide bonds. The van der Waals surface area contributed by atoms with Gasteiger partial charge >= 0.3 is 0 Å². The molecule has 0 unspecified atom stereocenters. The lowest BCUT2D eigenvalue weighted by atomic mass is 9.78. The summed E-state index contributed by atoms with van der Waals surface area (Å²) in [5.41, 5.74) is 15.8. The summed E-state index contributed by atoms with van der Waals surface area (Å²) >= 11 is 0. The Balaban J connectivity index is 1.14. The molecule has 0 atom stereocenters. The molecular weight excluding hydrogens is 603 g/mol. The molecule has 0 aromatic heterocycles. The number of nitrogens with zero attached hydrogens (tertiary/aromatic N) is 1. The number of hydrogen-bond donors (Lipinski definition) is 0. The van der Waals surface area contributed by atoms with E-state index in [1.165, 1.54) is 93.1 Å². The molecule has 1 nitrogen and oxygen atoms in total. The van der Waals surface area contributed by atoms with Crippen LogP contribution in [-0.2, 0) is 5.41 Å². The van der Waals surface area contributed by atoms with Crippen LogP contribution in [0.25, 0.3) is 44.2 Å². The lowest BCUT2D eigenvalue weighted by Crippen LogP contribution is -2.17. The first-order chi connectivity index (χ1) is 24.6. The minimum Gasteiger partial charge on any atom is -0.310 e. The molecule has 0 spiro atoms. The highest BCUT2D eigenvalue weighted by Gasteiger charge is 2.38. The van der Waals surface area contributed by atoms with Crippen molar-refractivity contribution in [3.8, 4) is 33.4 Å². The van der Waals surface area contributed by atoms with Crippen molar-refractivity contribution >= 4 is 27.8 Å². The molecule has 0 saturated heterocycles. The van der Waals surface area contributed by atoms with E-state index in [-0.39, 0.29) is 5.41 Å². The smallest absolute Gasteiger partial charge is 0.0465 e. The van der Waals surface area contributed by atoms with Crippen LogP contribution in [0.2, 0.25) is 0 Å². The Morgan fingerprint density at radius 1 is 0.460 bits per heavy atom. The molecule has 2 aliphatic rings. The lowest BCUT2D eigenvalue weighted by Gasteiger charge is -2.28. The first-order valence-electron chi connectivity index (χ1n) is 18.4. The average molecular weight is 646 g/mol. The predicted molar refractivity (Wildman–Crippen MR) is 213 cm³/mol. The zero-order valence-electron chi connectivity index (χ0n) is 29.1. The number of para-hydroxylation sites is 1. The molecule has 7 aromatic carbocycles. The first kappa shape index (κ1) is 30.6. The fourth-order valence-electron chi connectivity index (χ4n) is 8.85. The van der Waals surface area contributed by atoms with Gasteiger partial charge in [-0.2, -0.15) is 0 Å². The molecule has 0 radical (unpaired) electrons. The van der Waals surface area contributed by atoms with Gasteiger partial charge in [0.2, 0.25) is 0 Å². The summed E-state index contributed by atoms with van der Waals surface area (Å²) in [5, 5.41) is 2.51. The Bertz CT molecular complexity index is 2310. The molecule has 244 valence electrons. The molecule has 0 N–H and O–H groups in total. The van der Waals surface area contributed by atoms with E-state index < -0.39 is 0 Å². The van der Waals surface area contributed by atoms with Gasteiger partial charge in [0.1, 0.15) is 0 Å². The second-order valence-corrected chi connectivity index (χ2v) is 14.8. The third-order valence-corrected chi connectivity index (χ3v) is 11.4. The fraction of sp³-hybridized carbons (Fsp3) is 0.184. The summed E-state index contributed by atoms with van der Waals surface area (Å²) in [6.45, 7) is 4.84. The molecule has 0 aliphatic heterocycles. The van der Waals surface area contributed by atoms with E-state index in [0.29, 0.717) is 5.92 Å². The third-order valence-electron chi connectivity index (χ3n) is 11.4. The van der Waals surface area contributed by atoms with Gasteiger partial charge in [0.15, 0.2) is 0 Å². The van der Waals surface area contributed by atoms with Crippen molar-refractivity contribution in [2.45, 2.75) is 57.3 Å².